The van der Waals surface area contributed by atoms with E-state index in [0.29, 0.717) is 12.4 Å². The third kappa shape index (κ3) is 3.57. The summed E-state index contributed by atoms with van der Waals surface area (Å²) >= 11 is 0. The minimum atomic E-state index is -0.983. The lowest BCUT2D eigenvalue weighted by molar-refractivity contribution is 0.0218. The molecule has 0 saturated carbocycles. The van der Waals surface area contributed by atoms with Crippen LogP contribution in [0, 0.1) is 6.92 Å². The van der Waals surface area contributed by atoms with E-state index >= 15 is 0 Å². The van der Waals surface area contributed by atoms with E-state index in [2.05, 4.69) is 6.58 Å². The van der Waals surface area contributed by atoms with Crippen molar-refractivity contribution in [3.05, 3.63) is 107 Å². The summed E-state index contributed by atoms with van der Waals surface area (Å²) in [5, 5.41) is 10.2. The Balaban J connectivity index is 1.61. The molecule has 1 aliphatic rings. The molecule has 0 fully saturated rings. The molecule has 0 radical (unpaired) electrons. The zero-order chi connectivity index (χ0) is 19.5. The third-order valence-electron chi connectivity index (χ3n) is 4.89. The molecule has 0 amide bonds. The first-order chi connectivity index (χ1) is 13.7. The van der Waals surface area contributed by atoms with Crippen molar-refractivity contribution in [1.82, 2.24) is 0 Å². The van der Waals surface area contributed by atoms with Gasteiger partial charge in [0.2, 0.25) is 6.29 Å². The summed E-state index contributed by atoms with van der Waals surface area (Å²) in [7, 11) is 0. The van der Waals surface area contributed by atoms with Gasteiger partial charge in [-0.1, -0.05) is 67.3 Å². The minimum Gasteiger partial charge on any atom is -0.488 e. The first kappa shape index (κ1) is 18.1. The van der Waals surface area contributed by atoms with Crippen LogP contribution in [0.2, 0.25) is 0 Å². The Morgan fingerprint density at radius 3 is 2.50 bits per heavy atom. The van der Waals surface area contributed by atoms with Crippen LogP contribution in [0.1, 0.15) is 27.8 Å². The maximum absolute atomic E-state index is 10.2. The number of rotatable bonds is 5. The molecule has 1 aliphatic heterocycles. The number of aliphatic hydroxyl groups excluding tert-OH is 1. The van der Waals surface area contributed by atoms with Gasteiger partial charge in [-0.2, -0.15) is 0 Å². The highest BCUT2D eigenvalue weighted by atomic mass is 16.6. The summed E-state index contributed by atoms with van der Waals surface area (Å²) in [6.45, 7) is 6.18. The van der Waals surface area contributed by atoms with Crippen LogP contribution in [0.15, 0.2) is 79.4 Å². The van der Waals surface area contributed by atoms with Gasteiger partial charge in [0, 0.05) is 11.1 Å². The Morgan fingerprint density at radius 1 is 1.04 bits per heavy atom. The van der Waals surface area contributed by atoms with Gasteiger partial charge in [-0.25, -0.2) is 0 Å². The molecule has 3 aromatic rings. The molecule has 4 rings (SSSR count). The largest absolute Gasteiger partial charge is 0.488 e. The maximum Gasteiger partial charge on any atom is 0.218 e. The van der Waals surface area contributed by atoms with E-state index in [1.54, 1.807) is 6.08 Å². The third-order valence-corrected chi connectivity index (χ3v) is 4.89. The second-order valence-corrected chi connectivity index (χ2v) is 6.75. The number of benzene rings is 3. The number of fused-ring (bicyclic) bond motifs is 1. The first-order valence-corrected chi connectivity index (χ1v) is 9.26. The fourth-order valence-corrected chi connectivity index (χ4v) is 3.36. The fourth-order valence-electron chi connectivity index (χ4n) is 3.36. The van der Waals surface area contributed by atoms with Crippen LogP contribution in [0.25, 0.3) is 11.6 Å². The van der Waals surface area contributed by atoms with E-state index in [4.69, 9.17) is 9.47 Å². The summed E-state index contributed by atoms with van der Waals surface area (Å²) < 4.78 is 11.8. The molecule has 3 aromatic carbocycles. The van der Waals surface area contributed by atoms with Crippen molar-refractivity contribution < 1.29 is 14.6 Å². The van der Waals surface area contributed by atoms with Gasteiger partial charge in [-0.3, -0.25) is 0 Å². The van der Waals surface area contributed by atoms with Crippen molar-refractivity contribution in [2.45, 2.75) is 19.8 Å². The molecule has 1 heterocycles. The fraction of sp³-hybridized carbons (Fsp3) is 0.120. The Morgan fingerprint density at radius 2 is 1.79 bits per heavy atom. The highest BCUT2D eigenvalue weighted by Crippen LogP contribution is 2.41. The SMILES string of the molecule is C=Cc1ccc(COc2ccc3c(c2C)OC(O)C=C3c2ccccc2)cc1. The molecule has 1 unspecified atom stereocenters. The zero-order valence-electron chi connectivity index (χ0n) is 15.8. The van der Waals surface area contributed by atoms with Crippen molar-refractivity contribution in [3.63, 3.8) is 0 Å². The summed E-state index contributed by atoms with van der Waals surface area (Å²) in [6.07, 6.45) is 2.57. The Labute approximate surface area is 165 Å². The first-order valence-electron chi connectivity index (χ1n) is 9.26. The highest BCUT2D eigenvalue weighted by Gasteiger charge is 2.23. The molecule has 1 N–H and O–H groups in total. The van der Waals surface area contributed by atoms with Crippen LogP contribution in [0.5, 0.6) is 11.5 Å². The standard InChI is InChI=1S/C25H22O3/c1-3-18-9-11-19(12-10-18)16-27-23-14-13-21-22(20-7-5-4-6-8-20)15-24(26)28-25(21)17(23)2/h3-15,24,26H,1,16H2,2H3. The van der Waals surface area contributed by atoms with Gasteiger partial charge in [-0.15, -0.1) is 0 Å². The molecule has 0 aromatic heterocycles. The van der Waals surface area contributed by atoms with E-state index < -0.39 is 6.29 Å². The van der Waals surface area contributed by atoms with Crippen molar-refractivity contribution >= 4 is 11.6 Å². The van der Waals surface area contributed by atoms with Crippen LogP contribution in [0.4, 0.5) is 0 Å². The molecule has 28 heavy (non-hydrogen) atoms. The Hall–Kier alpha value is -3.30. The number of ether oxygens (including phenoxy) is 2. The number of hydrogen-bond acceptors (Lipinski definition) is 3. The lowest BCUT2D eigenvalue weighted by Gasteiger charge is -2.25. The quantitative estimate of drug-likeness (QED) is 0.657. The normalized spacial score (nSPS) is 15.2. The summed E-state index contributed by atoms with van der Waals surface area (Å²) in [4.78, 5) is 0. The molecular formula is C25H22O3. The Bertz CT molecular complexity index is 1020. The smallest absolute Gasteiger partial charge is 0.218 e. The summed E-state index contributed by atoms with van der Waals surface area (Å²) in [5.41, 5.74) is 5.99. The predicted octanol–water partition coefficient (Wildman–Crippen LogP) is 5.36. The number of hydrogen-bond donors (Lipinski definition) is 1. The van der Waals surface area contributed by atoms with E-state index in [9.17, 15) is 5.11 Å². The van der Waals surface area contributed by atoms with Crippen molar-refractivity contribution in [2.24, 2.45) is 0 Å². The minimum absolute atomic E-state index is 0.459. The molecule has 0 saturated heterocycles. The highest BCUT2D eigenvalue weighted by molar-refractivity contribution is 5.85. The Kier molecular flexibility index (Phi) is 5.00. The van der Waals surface area contributed by atoms with E-state index in [-0.39, 0.29) is 0 Å². The lowest BCUT2D eigenvalue weighted by Crippen LogP contribution is -2.19. The summed E-state index contributed by atoms with van der Waals surface area (Å²) in [5.74, 6) is 1.40. The molecule has 0 spiro atoms. The van der Waals surface area contributed by atoms with Crippen molar-refractivity contribution in [2.75, 3.05) is 0 Å². The van der Waals surface area contributed by atoms with Gasteiger partial charge < -0.3 is 14.6 Å². The number of aliphatic hydroxyl groups is 1. The van der Waals surface area contributed by atoms with E-state index in [0.717, 1.165) is 39.1 Å². The topological polar surface area (TPSA) is 38.7 Å². The van der Waals surface area contributed by atoms with Crippen molar-refractivity contribution in [1.29, 1.82) is 0 Å². The average molecular weight is 370 g/mol. The molecular weight excluding hydrogens is 348 g/mol. The van der Waals surface area contributed by atoms with Crippen LogP contribution in [-0.2, 0) is 6.61 Å². The van der Waals surface area contributed by atoms with Gasteiger partial charge in [0.05, 0.1) is 0 Å². The van der Waals surface area contributed by atoms with Crippen molar-refractivity contribution in [3.8, 4) is 11.5 Å². The zero-order valence-corrected chi connectivity index (χ0v) is 15.8. The van der Waals surface area contributed by atoms with Gasteiger partial charge in [0.15, 0.2) is 0 Å². The van der Waals surface area contributed by atoms with Gasteiger partial charge in [-0.05, 0) is 47.4 Å². The second-order valence-electron chi connectivity index (χ2n) is 6.75. The van der Waals surface area contributed by atoms with Crippen LogP contribution in [-0.4, -0.2) is 11.4 Å². The molecule has 1 atom stereocenters. The molecule has 0 bridgehead atoms. The maximum atomic E-state index is 10.2. The van der Waals surface area contributed by atoms with Gasteiger partial charge in [0.25, 0.3) is 0 Å². The summed E-state index contributed by atoms with van der Waals surface area (Å²) in [6, 6.07) is 22.0. The second kappa shape index (κ2) is 7.75. The molecule has 3 heteroatoms. The molecule has 0 aliphatic carbocycles. The average Bonchev–Trinajstić information content (AvgIpc) is 2.74. The predicted molar refractivity (Wildman–Crippen MR) is 112 cm³/mol. The monoisotopic (exact) mass is 370 g/mol. The van der Waals surface area contributed by atoms with Crippen LogP contribution in [0.3, 0.4) is 0 Å². The van der Waals surface area contributed by atoms with Gasteiger partial charge >= 0.3 is 0 Å². The lowest BCUT2D eigenvalue weighted by atomic mass is 9.93. The van der Waals surface area contributed by atoms with Gasteiger partial charge in [0.1, 0.15) is 18.1 Å². The van der Waals surface area contributed by atoms with E-state index in [1.165, 1.54) is 0 Å². The van der Waals surface area contributed by atoms with E-state index in [1.807, 2.05) is 79.7 Å². The molecule has 3 nitrogen and oxygen atoms in total. The van der Waals surface area contributed by atoms with Crippen LogP contribution < -0.4 is 9.47 Å². The van der Waals surface area contributed by atoms with Crippen LogP contribution >= 0.6 is 0 Å². The molecule has 140 valence electrons.